The molecule has 13 heavy (non-hydrogen) atoms. The number of nitrogens with zero attached hydrogens (tertiary/aromatic N) is 2. The maximum absolute atomic E-state index is 4.05. The van der Waals surface area contributed by atoms with E-state index in [0.29, 0.717) is 6.04 Å². The zero-order valence-corrected chi connectivity index (χ0v) is 8.33. The molecule has 2 N–H and O–H groups in total. The summed E-state index contributed by atoms with van der Waals surface area (Å²) in [5.74, 6) is 0.799. The van der Waals surface area contributed by atoms with Crippen LogP contribution in [0.15, 0.2) is 12.1 Å². The van der Waals surface area contributed by atoms with Gasteiger partial charge in [-0.15, -0.1) is 5.10 Å². The molecular formula is C9H16N4. The minimum absolute atomic E-state index is 0.478. The van der Waals surface area contributed by atoms with Crippen molar-refractivity contribution >= 4 is 5.82 Å². The predicted molar refractivity (Wildman–Crippen MR) is 53.6 cm³/mol. The van der Waals surface area contributed by atoms with E-state index in [4.69, 9.17) is 0 Å². The minimum Gasteiger partial charge on any atom is -0.372 e. The Morgan fingerprint density at radius 2 is 2.08 bits per heavy atom. The van der Waals surface area contributed by atoms with Gasteiger partial charge in [-0.25, -0.2) is 0 Å². The summed E-state index contributed by atoms with van der Waals surface area (Å²) >= 11 is 0. The fraction of sp³-hybridized carbons (Fsp3) is 0.556. The van der Waals surface area contributed by atoms with Crippen LogP contribution in [-0.2, 0) is 6.54 Å². The molecule has 0 bridgehead atoms. The first kappa shape index (κ1) is 9.92. The minimum atomic E-state index is 0.478. The highest BCUT2D eigenvalue weighted by Crippen LogP contribution is 2.00. The number of anilines is 1. The third kappa shape index (κ3) is 3.38. The second-order valence-electron chi connectivity index (χ2n) is 3.20. The van der Waals surface area contributed by atoms with Gasteiger partial charge in [-0.3, -0.25) is 0 Å². The van der Waals surface area contributed by atoms with Crippen molar-refractivity contribution < 1.29 is 0 Å². The van der Waals surface area contributed by atoms with E-state index in [0.717, 1.165) is 18.1 Å². The number of nitrogens with one attached hydrogen (secondary N) is 2. The molecule has 0 aliphatic heterocycles. The van der Waals surface area contributed by atoms with Crippen molar-refractivity contribution in [1.82, 2.24) is 15.5 Å². The van der Waals surface area contributed by atoms with Gasteiger partial charge in [0.2, 0.25) is 0 Å². The van der Waals surface area contributed by atoms with E-state index in [1.807, 2.05) is 19.2 Å². The van der Waals surface area contributed by atoms with Crippen molar-refractivity contribution in [2.45, 2.75) is 26.4 Å². The molecule has 0 aromatic carbocycles. The fourth-order valence-electron chi connectivity index (χ4n) is 0.896. The number of hydrogen-bond donors (Lipinski definition) is 2. The average molecular weight is 180 g/mol. The van der Waals surface area contributed by atoms with E-state index in [2.05, 4.69) is 34.7 Å². The highest BCUT2D eigenvalue weighted by Gasteiger charge is 1.97. The highest BCUT2D eigenvalue weighted by atomic mass is 15.2. The standard InChI is InChI=1S/C9H16N4/c1-7(2)11-6-8-4-5-9(10-3)13-12-8/h4-5,7,11H,6H2,1-3H3,(H,10,13). The molecule has 0 aliphatic carbocycles. The second kappa shape index (κ2) is 4.77. The smallest absolute Gasteiger partial charge is 0.148 e. The van der Waals surface area contributed by atoms with E-state index in [1.54, 1.807) is 0 Å². The lowest BCUT2D eigenvalue weighted by molar-refractivity contribution is 0.577. The van der Waals surface area contributed by atoms with Gasteiger partial charge in [0.15, 0.2) is 0 Å². The van der Waals surface area contributed by atoms with Crippen LogP contribution in [0.2, 0.25) is 0 Å². The van der Waals surface area contributed by atoms with Crippen molar-refractivity contribution in [3.8, 4) is 0 Å². The van der Waals surface area contributed by atoms with Crippen LogP contribution < -0.4 is 10.6 Å². The molecule has 1 aromatic heterocycles. The van der Waals surface area contributed by atoms with Gasteiger partial charge in [-0.05, 0) is 12.1 Å². The lowest BCUT2D eigenvalue weighted by atomic mass is 10.3. The van der Waals surface area contributed by atoms with Crippen LogP contribution in [0.1, 0.15) is 19.5 Å². The molecule has 0 spiro atoms. The first-order valence-electron chi connectivity index (χ1n) is 4.46. The molecule has 1 aromatic rings. The van der Waals surface area contributed by atoms with Crippen LogP contribution in [0.25, 0.3) is 0 Å². The molecule has 0 aliphatic rings. The molecule has 0 unspecified atom stereocenters. The molecule has 0 radical (unpaired) electrons. The maximum Gasteiger partial charge on any atom is 0.148 e. The Labute approximate surface area is 78.8 Å². The summed E-state index contributed by atoms with van der Waals surface area (Å²) in [4.78, 5) is 0. The summed E-state index contributed by atoms with van der Waals surface area (Å²) in [7, 11) is 1.83. The Morgan fingerprint density at radius 3 is 2.54 bits per heavy atom. The SMILES string of the molecule is CNc1ccc(CNC(C)C)nn1. The lowest BCUT2D eigenvalue weighted by Gasteiger charge is -2.06. The van der Waals surface area contributed by atoms with Crippen LogP contribution in [0, 0.1) is 0 Å². The molecule has 72 valence electrons. The van der Waals surface area contributed by atoms with Crippen LogP contribution in [0.4, 0.5) is 5.82 Å². The number of hydrogen-bond acceptors (Lipinski definition) is 4. The summed E-state index contributed by atoms with van der Waals surface area (Å²) in [6, 6.07) is 4.37. The number of aromatic nitrogens is 2. The quantitative estimate of drug-likeness (QED) is 0.726. The maximum atomic E-state index is 4.05. The Hall–Kier alpha value is -1.16. The molecule has 1 rings (SSSR count). The van der Waals surface area contributed by atoms with Gasteiger partial charge >= 0.3 is 0 Å². The monoisotopic (exact) mass is 180 g/mol. The zero-order chi connectivity index (χ0) is 9.68. The molecule has 4 heteroatoms. The molecule has 0 atom stereocenters. The largest absolute Gasteiger partial charge is 0.372 e. The molecule has 0 amide bonds. The molecule has 0 fully saturated rings. The Kier molecular flexibility index (Phi) is 3.64. The Balaban J connectivity index is 2.49. The van der Waals surface area contributed by atoms with Crippen LogP contribution in [-0.4, -0.2) is 23.3 Å². The number of rotatable bonds is 4. The van der Waals surface area contributed by atoms with E-state index >= 15 is 0 Å². The van der Waals surface area contributed by atoms with Crippen LogP contribution >= 0.6 is 0 Å². The summed E-state index contributed by atoms with van der Waals surface area (Å²) in [5, 5.41) is 14.2. The van der Waals surface area contributed by atoms with Gasteiger partial charge in [0.05, 0.1) is 5.69 Å². The summed E-state index contributed by atoms with van der Waals surface area (Å²) in [6.07, 6.45) is 0. The van der Waals surface area contributed by atoms with Gasteiger partial charge in [0, 0.05) is 19.6 Å². The molecular weight excluding hydrogens is 164 g/mol. The first-order chi connectivity index (χ1) is 6.22. The lowest BCUT2D eigenvalue weighted by Crippen LogP contribution is -2.22. The van der Waals surface area contributed by atoms with E-state index in [-0.39, 0.29) is 0 Å². The van der Waals surface area contributed by atoms with Gasteiger partial charge in [0.1, 0.15) is 5.82 Å². The first-order valence-corrected chi connectivity index (χ1v) is 4.46. The van der Waals surface area contributed by atoms with Crippen LogP contribution in [0.3, 0.4) is 0 Å². The topological polar surface area (TPSA) is 49.8 Å². The van der Waals surface area contributed by atoms with Crippen molar-refractivity contribution in [3.05, 3.63) is 17.8 Å². The predicted octanol–water partition coefficient (Wildman–Crippen LogP) is 1.02. The normalized spacial score (nSPS) is 10.5. The van der Waals surface area contributed by atoms with E-state index in [1.165, 1.54) is 0 Å². The van der Waals surface area contributed by atoms with E-state index in [9.17, 15) is 0 Å². The summed E-state index contributed by atoms with van der Waals surface area (Å²) in [5.41, 5.74) is 0.965. The van der Waals surface area contributed by atoms with Gasteiger partial charge in [-0.2, -0.15) is 5.10 Å². The molecule has 0 saturated heterocycles. The highest BCUT2D eigenvalue weighted by molar-refractivity contribution is 5.31. The third-order valence-electron chi connectivity index (χ3n) is 1.67. The Bertz CT molecular complexity index is 242. The van der Waals surface area contributed by atoms with Crippen LogP contribution in [0.5, 0.6) is 0 Å². The zero-order valence-electron chi connectivity index (χ0n) is 8.33. The van der Waals surface area contributed by atoms with Crippen molar-refractivity contribution in [3.63, 3.8) is 0 Å². The summed E-state index contributed by atoms with van der Waals surface area (Å²) in [6.45, 7) is 4.99. The van der Waals surface area contributed by atoms with Crippen molar-refractivity contribution in [2.75, 3.05) is 12.4 Å². The molecule has 0 saturated carbocycles. The van der Waals surface area contributed by atoms with E-state index < -0.39 is 0 Å². The molecule has 1 heterocycles. The van der Waals surface area contributed by atoms with Gasteiger partial charge < -0.3 is 10.6 Å². The fourth-order valence-corrected chi connectivity index (χ4v) is 0.896. The average Bonchev–Trinajstić information content (AvgIpc) is 2.15. The van der Waals surface area contributed by atoms with Crippen molar-refractivity contribution in [2.24, 2.45) is 0 Å². The van der Waals surface area contributed by atoms with Gasteiger partial charge in [0.25, 0.3) is 0 Å². The Morgan fingerprint density at radius 1 is 1.31 bits per heavy atom. The van der Waals surface area contributed by atoms with Crippen molar-refractivity contribution in [1.29, 1.82) is 0 Å². The summed E-state index contributed by atoms with van der Waals surface area (Å²) < 4.78 is 0. The third-order valence-corrected chi connectivity index (χ3v) is 1.67. The van der Waals surface area contributed by atoms with Gasteiger partial charge in [-0.1, -0.05) is 13.8 Å². The molecule has 4 nitrogen and oxygen atoms in total. The second-order valence-corrected chi connectivity index (χ2v) is 3.20.